The summed E-state index contributed by atoms with van der Waals surface area (Å²) in [6, 6.07) is 3.70. The lowest BCUT2D eigenvalue weighted by atomic mass is 10.2. The molecular formula is C17H21N5O2. The maximum Gasteiger partial charge on any atom is 0.274 e. The van der Waals surface area contributed by atoms with E-state index in [4.69, 9.17) is 0 Å². The van der Waals surface area contributed by atoms with Gasteiger partial charge in [0.1, 0.15) is 5.69 Å². The van der Waals surface area contributed by atoms with Crippen LogP contribution < -0.4 is 5.32 Å². The van der Waals surface area contributed by atoms with Crippen molar-refractivity contribution >= 4 is 11.8 Å². The lowest BCUT2D eigenvalue weighted by Crippen LogP contribution is -2.36. The van der Waals surface area contributed by atoms with Crippen LogP contribution in [0, 0.1) is 0 Å². The molecule has 0 unspecified atom stereocenters. The minimum atomic E-state index is -0.202. The predicted molar refractivity (Wildman–Crippen MR) is 88.9 cm³/mol. The Labute approximate surface area is 141 Å². The normalized spacial score (nSPS) is 10.2. The van der Waals surface area contributed by atoms with E-state index in [-0.39, 0.29) is 18.2 Å². The van der Waals surface area contributed by atoms with Crippen molar-refractivity contribution in [1.29, 1.82) is 0 Å². The van der Waals surface area contributed by atoms with Gasteiger partial charge in [-0.1, -0.05) is 6.92 Å². The van der Waals surface area contributed by atoms with Crippen molar-refractivity contribution in [2.24, 2.45) is 0 Å². The molecular weight excluding hydrogens is 306 g/mol. The summed E-state index contributed by atoms with van der Waals surface area (Å²) < 4.78 is 0. The summed E-state index contributed by atoms with van der Waals surface area (Å²) >= 11 is 0. The van der Waals surface area contributed by atoms with Gasteiger partial charge in [-0.2, -0.15) is 0 Å². The van der Waals surface area contributed by atoms with Gasteiger partial charge < -0.3 is 10.2 Å². The Morgan fingerprint density at radius 2 is 1.88 bits per heavy atom. The highest BCUT2D eigenvalue weighted by Gasteiger charge is 2.17. The largest absolute Gasteiger partial charge is 0.352 e. The smallest absolute Gasteiger partial charge is 0.274 e. The van der Waals surface area contributed by atoms with Gasteiger partial charge in [0, 0.05) is 50.8 Å². The van der Waals surface area contributed by atoms with Gasteiger partial charge in [0.05, 0.1) is 6.20 Å². The first-order valence-electron chi connectivity index (χ1n) is 7.91. The molecule has 0 aliphatic carbocycles. The molecule has 2 amide bonds. The first-order valence-corrected chi connectivity index (χ1v) is 7.91. The van der Waals surface area contributed by atoms with E-state index < -0.39 is 0 Å². The van der Waals surface area contributed by atoms with Crippen LogP contribution in [0.1, 0.15) is 35.8 Å². The molecule has 0 spiro atoms. The van der Waals surface area contributed by atoms with Gasteiger partial charge >= 0.3 is 0 Å². The van der Waals surface area contributed by atoms with E-state index >= 15 is 0 Å². The molecule has 0 fully saturated rings. The second kappa shape index (κ2) is 9.34. The lowest BCUT2D eigenvalue weighted by Gasteiger charge is -2.21. The van der Waals surface area contributed by atoms with Crippen molar-refractivity contribution in [3.05, 3.63) is 54.4 Å². The molecule has 0 aromatic carbocycles. The van der Waals surface area contributed by atoms with Crippen LogP contribution in [-0.4, -0.2) is 44.8 Å². The molecule has 1 N–H and O–H groups in total. The monoisotopic (exact) mass is 327 g/mol. The minimum absolute atomic E-state index is 0.0974. The number of aromatic nitrogens is 3. The van der Waals surface area contributed by atoms with Crippen molar-refractivity contribution in [2.75, 3.05) is 13.1 Å². The summed E-state index contributed by atoms with van der Waals surface area (Å²) in [6.45, 7) is 3.37. The van der Waals surface area contributed by atoms with Crippen molar-refractivity contribution in [3.63, 3.8) is 0 Å². The second-order valence-electron chi connectivity index (χ2n) is 5.27. The molecule has 24 heavy (non-hydrogen) atoms. The zero-order valence-electron chi connectivity index (χ0n) is 13.7. The molecule has 0 atom stereocenters. The highest BCUT2D eigenvalue weighted by Crippen LogP contribution is 2.03. The Balaban J connectivity index is 1.84. The van der Waals surface area contributed by atoms with Crippen LogP contribution >= 0.6 is 0 Å². The van der Waals surface area contributed by atoms with E-state index in [0.29, 0.717) is 25.3 Å². The summed E-state index contributed by atoms with van der Waals surface area (Å²) in [6.07, 6.45) is 8.87. The van der Waals surface area contributed by atoms with Gasteiger partial charge in [0.25, 0.3) is 5.91 Å². The van der Waals surface area contributed by atoms with Gasteiger partial charge in [-0.05, 0) is 24.1 Å². The molecule has 7 heteroatoms. The van der Waals surface area contributed by atoms with E-state index in [1.165, 1.54) is 18.6 Å². The third-order valence-corrected chi connectivity index (χ3v) is 3.41. The molecule has 0 bridgehead atoms. The molecule has 7 nitrogen and oxygen atoms in total. The molecule has 0 aliphatic rings. The van der Waals surface area contributed by atoms with Crippen LogP contribution in [0.15, 0.2) is 43.1 Å². The Bertz CT molecular complexity index is 649. The number of rotatable bonds is 8. The van der Waals surface area contributed by atoms with E-state index in [9.17, 15) is 9.59 Å². The first-order chi connectivity index (χ1) is 11.7. The average Bonchev–Trinajstić information content (AvgIpc) is 2.64. The van der Waals surface area contributed by atoms with Crippen molar-refractivity contribution < 1.29 is 9.59 Å². The van der Waals surface area contributed by atoms with E-state index in [1.807, 2.05) is 19.1 Å². The van der Waals surface area contributed by atoms with E-state index in [0.717, 1.165) is 12.0 Å². The third kappa shape index (κ3) is 5.42. The molecule has 0 aliphatic heterocycles. The van der Waals surface area contributed by atoms with Gasteiger partial charge in [0.15, 0.2) is 0 Å². The molecule has 2 aromatic heterocycles. The van der Waals surface area contributed by atoms with Crippen LogP contribution in [0.4, 0.5) is 0 Å². The summed E-state index contributed by atoms with van der Waals surface area (Å²) in [4.78, 5) is 37.9. The molecule has 126 valence electrons. The minimum Gasteiger partial charge on any atom is -0.352 e. The Morgan fingerprint density at radius 1 is 1.08 bits per heavy atom. The Hall–Kier alpha value is -2.83. The molecule has 2 rings (SSSR count). The number of nitrogens with zero attached hydrogens (tertiary/aromatic N) is 4. The molecule has 2 heterocycles. The van der Waals surface area contributed by atoms with E-state index in [1.54, 1.807) is 17.3 Å². The summed E-state index contributed by atoms with van der Waals surface area (Å²) in [5.74, 6) is -0.299. The molecule has 0 saturated carbocycles. The maximum atomic E-state index is 12.4. The number of hydrogen-bond acceptors (Lipinski definition) is 5. The van der Waals surface area contributed by atoms with E-state index in [2.05, 4.69) is 20.3 Å². The van der Waals surface area contributed by atoms with Gasteiger partial charge in [-0.25, -0.2) is 4.98 Å². The van der Waals surface area contributed by atoms with Crippen LogP contribution in [-0.2, 0) is 11.3 Å². The summed E-state index contributed by atoms with van der Waals surface area (Å²) in [7, 11) is 0. The van der Waals surface area contributed by atoms with Crippen molar-refractivity contribution in [2.45, 2.75) is 26.3 Å². The zero-order valence-corrected chi connectivity index (χ0v) is 13.7. The fourth-order valence-corrected chi connectivity index (χ4v) is 2.18. The number of pyridine rings is 1. The van der Waals surface area contributed by atoms with Crippen LogP contribution in [0.2, 0.25) is 0 Å². The maximum absolute atomic E-state index is 12.4. The number of nitrogens with one attached hydrogen (secondary N) is 1. The topological polar surface area (TPSA) is 88.1 Å². The SMILES string of the molecule is CCCN(CCC(=O)NCc1ccncc1)C(=O)c1cnccn1. The predicted octanol–water partition coefficient (Wildman–Crippen LogP) is 1.43. The average molecular weight is 327 g/mol. The fraction of sp³-hybridized carbons (Fsp3) is 0.353. The lowest BCUT2D eigenvalue weighted by molar-refractivity contribution is -0.121. The Kier molecular flexibility index (Phi) is 6.82. The zero-order chi connectivity index (χ0) is 17.2. The van der Waals surface area contributed by atoms with Gasteiger partial charge in [-0.15, -0.1) is 0 Å². The van der Waals surface area contributed by atoms with Gasteiger partial charge in [0.2, 0.25) is 5.91 Å². The van der Waals surface area contributed by atoms with Crippen LogP contribution in [0.3, 0.4) is 0 Å². The highest BCUT2D eigenvalue weighted by atomic mass is 16.2. The fourth-order valence-electron chi connectivity index (χ4n) is 2.18. The molecule has 2 aromatic rings. The summed E-state index contributed by atoms with van der Waals surface area (Å²) in [5.41, 5.74) is 1.28. The molecule has 0 radical (unpaired) electrons. The summed E-state index contributed by atoms with van der Waals surface area (Å²) in [5, 5.41) is 2.84. The third-order valence-electron chi connectivity index (χ3n) is 3.41. The second-order valence-corrected chi connectivity index (χ2v) is 5.27. The number of carbonyl (C=O) groups excluding carboxylic acids is 2. The first kappa shape index (κ1) is 17.5. The molecule has 0 saturated heterocycles. The number of amides is 2. The standard InChI is InChI=1S/C17H21N5O2/c1-2-10-22(17(24)15-13-19-8-9-20-15)11-5-16(23)21-12-14-3-6-18-7-4-14/h3-4,6-9,13H,2,5,10-12H2,1H3,(H,21,23). The number of carbonyl (C=O) groups is 2. The van der Waals surface area contributed by atoms with Crippen molar-refractivity contribution in [1.82, 2.24) is 25.2 Å². The van der Waals surface area contributed by atoms with Crippen LogP contribution in [0.5, 0.6) is 0 Å². The highest BCUT2D eigenvalue weighted by molar-refractivity contribution is 5.92. The van der Waals surface area contributed by atoms with Gasteiger partial charge in [-0.3, -0.25) is 19.6 Å². The van der Waals surface area contributed by atoms with Crippen LogP contribution in [0.25, 0.3) is 0 Å². The Morgan fingerprint density at radius 3 is 2.54 bits per heavy atom. The number of hydrogen-bond donors (Lipinski definition) is 1. The quantitative estimate of drug-likeness (QED) is 0.792. The van der Waals surface area contributed by atoms with Crippen molar-refractivity contribution in [3.8, 4) is 0 Å².